The van der Waals surface area contributed by atoms with Crippen LogP contribution >= 0.6 is 0 Å². The maximum Gasteiger partial charge on any atom is 0.311 e. The van der Waals surface area contributed by atoms with Crippen LogP contribution < -0.4 is 0 Å². The third kappa shape index (κ3) is 2.55. The summed E-state index contributed by atoms with van der Waals surface area (Å²) in [4.78, 5) is 25.8. The number of carbonyl (C=O) groups is 2. The van der Waals surface area contributed by atoms with Crippen LogP contribution in [0.3, 0.4) is 0 Å². The number of piperidine rings is 1. The molecule has 2 rings (SSSR count). The largest absolute Gasteiger partial charge is 0.481 e. The van der Waals surface area contributed by atoms with Crippen LogP contribution in [0.25, 0.3) is 0 Å². The van der Waals surface area contributed by atoms with Crippen LogP contribution in [0, 0.1) is 5.41 Å². The fraction of sp³-hybridized carbons (Fsp3) is 0.643. The molecule has 6 nitrogen and oxygen atoms in total. The van der Waals surface area contributed by atoms with E-state index in [-0.39, 0.29) is 5.91 Å². The molecule has 0 saturated carbocycles. The highest BCUT2D eigenvalue weighted by Crippen LogP contribution is 2.35. The van der Waals surface area contributed by atoms with Crippen LogP contribution in [0.2, 0.25) is 0 Å². The van der Waals surface area contributed by atoms with Crippen molar-refractivity contribution in [2.75, 3.05) is 13.1 Å². The molecule has 6 heteroatoms. The molecule has 0 spiro atoms. The molecule has 2 heterocycles. The molecule has 110 valence electrons. The lowest BCUT2D eigenvalue weighted by molar-refractivity contribution is -0.152. The van der Waals surface area contributed by atoms with Gasteiger partial charge in [0.05, 0.1) is 5.41 Å². The van der Waals surface area contributed by atoms with Gasteiger partial charge in [-0.2, -0.15) is 5.10 Å². The maximum atomic E-state index is 12.5. The summed E-state index contributed by atoms with van der Waals surface area (Å²) >= 11 is 0. The monoisotopic (exact) mass is 279 g/mol. The Morgan fingerprint density at radius 2 is 2.25 bits per heavy atom. The minimum absolute atomic E-state index is 0.133. The lowest BCUT2D eigenvalue weighted by Crippen LogP contribution is -2.50. The number of hydrogen-bond acceptors (Lipinski definition) is 3. The highest BCUT2D eigenvalue weighted by Gasteiger charge is 2.43. The van der Waals surface area contributed by atoms with Gasteiger partial charge < -0.3 is 10.0 Å². The molecule has 1 amide bonds. The second-order valence-corrected chi connectivity index (χ2v) is 5.51. The van der Waals surface area contributed by atoms with Gasteiger partial charge >= 0.3 is 5.97 Å². The summed E-state index contributed by atoms with van der Waals surface area (Å²) in [5.74, 6) is -0.923. The molecule has 20 heavy (non-hydrogen) atoms. The van der Waals surface area contributed by atoms with E-state index >= 15 is 0 Å². The highest BCUT2D eigenvalue weighted by molar-refractivity contribution is 5.93. The number of amides is 1. The molecule has 1 unspecified atom stereocenters. The predicted octanol–water partition coefficient (Wildman–Crippen LogP) is 1.53. The number of aryl methyl sites for hydroxylation is 1. The molecule has 0 aliphatic carbocycles. The molecule has 1 aromatic rings. The van der Waals surface area contributed by atoms with Crippen molar-refractivity contribution < 1.29 is 14.7 Å². The highest BCUT2D eigenvalue weighted by atomic mass is 16.4. The lowest BCUT2D eigenvalue weighted by Gasteiger charge is -2.39. The second kappa shape index (κ2) is 5.64. The topological polar surface area (TPSA) is 75.4 Å². The number of rotatable bonds is 4. The molecule has 1 fully saturated rings. The van der Waals surface area contributed by atoms with Crippen molar-refractivity contribution in [2.24, 2.45) is 12.5 Å². The smallest absolute Gasteiger partial charge is 0.311 e. The van der Waals surface area contributed by atoms with Gasteiger partial charge in [-0.15, -0.1) is 0 Å². The SMILES string of the molecule is CCCC1(C(=O)O)CCCN(C(=O)c2ccnn2C)C1. The van der Waals surface area contributed by atoms with E-state index in [2.05, 4.69) is 5.10 Å². The van der Waals surface area contributed by atoms with Gasteiger partial charge in [-0.05, 0) is 25.3 Å². The first-order chi connectivity index (χ1) is 9.50. The Balaban J connectivity index is 2.20. The number of aromatic nitrogens is 2. The number of likely N-dealkylation sites (tertiary alicyclic amines) is 1. The zero-order valence-electron chi connectivity index (χ0n) is 12.0. The van der Waals surface area contributed by atoms with Crippen LogP contribution in [-0.2, 0) is 11.8 Å². The van der Waals surface area contributed by atoms with Crippen LogP contribution in [0.4, 0.5) is 0 Å². The molecule has 1 aliphatic rings. The summed E-state index contributed by atoms with van der Waals surface area (Å²) in [5, 5.41) is 13.5. The average Bonchev–Trinajstić information content (AvgIpc) is 2.84. The summed E-state index contributed by atoms with van der Waals surface area (Å²) < 4.78 is 1.53. The van der Waals surface area contributed by atoms with E-state index in [0.717, 1.165) is 12.8 Å². The third-order valence-electron chi connectivity index (χ3n) is 4.09. The quantitative estimate of drug-likeness (QED) is 0.906. The van der Waals surface area contributed by atoms with E-state index in [0.29, 0.717) is 31.6 Å². The fourth-order valence-electron chi connectivity index (χ4n) is 3.01. The van der Waals surface area contributed by atoms with E-state index in [9.17, 15) is 14.7 Å². The second-order valence-electron chi connectivity index (χ2n) is 5.51. The maximum absolute atomic E-state index is 12.5. The molecular formula is C14H21N3O3. The average molecular weight is 279 g/mol. The van der Waals surface area contributed by atoms with Gasteiger partial charge in [-0.3, -0.25) is 14.3 Å². The molecule has 1 N–H and O–H groups in total. The van der Waals surface area contributed by atoms with Crippen molar-refractivity contribution in [3.05, 3.63) is 18.0 Å². The van der Waals surface area contributed by atoms with Gasteiger partial charge in [0, 0.05) is 26.3 Å². The van der Waals surface area contributed by atoms with Crippen LogP contribution in [0.5, 0.6) is 0 Å². The fourth-order valence-corrected chi connectivity index (χ4v) is 3.01. The zero-order chi connectivity index (χ0) is 14.8. The van der Waals surface area contributed by atoms with Gasteiger partial charge in [0.2, 0.25) is 0 Å². The standard InChI is InChI=1S/C14H21N3O3/c1-3-6-14(13(19)20)7-4-9-17(10-14)12(18)11-5-8-15-16(11)2/h5,8H,3-4,6-7,9-10H2,1-2H3,(H,19,20). The van der Waals surface area contributed by atoms with Gasteiger partial charge in [-0.25, -0.2) is 0 Å². The molecular weight excluding hydrogens is 258 g/mol. The molecule has 1 aromatic heterocycles. The van der Waals surface area contributed by atoms with Crippen LogP contribution in [-0.4, -0.2) is 44.8 Å². The van der Waals surface area contributed by atoms with E-state index in [4.69, 9.17) is 0 Å². The molecule has 0 aromatic carbocycles. The first-order valence-corrected chi connectivity index (χ1v) is 7.01. The number of aliphatic carboxylic acids is 1. The summed E-state index contributed by atoms with van der Waals surface area (Å²) in [7, 11) is 1.72. The zero-order valence-corrected chi connectivity index (χ0v) is 12.0. The van der Waals surface area contributed by atoms with Crippen molar-refractivity contribution in [1.82, 2.24) is 14.7 Å². The number of carboxylic acid groups (broad SMARTS) is 1. The Labute approximate surface area is 118 Å². The summed E-state index contributed by atoms with van der Waals surface area (Å²) in [6.07, 6.45) is 4.37. The first kappa shape index (κ1) is 14.6. The van der Waals surface area contributed by atoms with Gasteiger partial charge in [0.25, 0.3) is 5.91 Å². The molecule has 1 saturated heterocycles. The van der Waals surface area contributed by atoms with Crippen LogP contribution in [0.1, 0.15) is 43.1 Å². The number of hydrogen-bond donors (Lipinski definition) is 1. The Morgan fingerprint density at radius 3 is 2.80 bits per heavy atom. The van der Waals surface area contributed by atoms with E-state index in [1.54, 1.807) is 24.2 Å². The van der Waals surface area contributed by atoms with E-state index in [1.807, 2.05) is 6.92 Å². The number of carbonyl (C=O) groups excluding carboxylic acids is 1. The van der Waals surface area contributed by atoms with E-state index < -0.39 is 11.4 Å². The predicted molar refractivity (Wildman–Crippen MR) is 73.3 cm³/mol. The summed E-state index contributed by atoms with van der Waals surface area (Å²) in [6, 6.07) is 1.67. The lowest BCUT2D eigenvalue weighted by atomic mass is 9.76. The summed E-state index contributed by atoms with van der Waals surface area (Å²) in [5.41, 5.74) is -0.288. The minimum Gasteiger partial charge on any atom is -0.481 e. The Kier molecular flexibility index (Phi) is 4.11. The number of nitrogens with zero attached hydrogens (tertiary/aromatic N) is 3. The van der Waals surface area contributed by atoms with Gasteiger partial charge in [0.15, 0.2) is 0 Å². The van der Waals surface area contributed by atoms with Crippen LogP contribution in [0.15, 0.2) is 12.3 Å². The van der Waals surface area contributed by atoms with Crippen molar-refractivity contribution >= 4 is 11.9 Å². The van der Waals surface area contributed by atoms with Gasteiger partial charge in [-0.1, -0.05) is 13.3 Å². The van der Waals surface area contributed by atoms with E-state index in [1.165, 1.54) is 4.68 Å². The Hall–Kier alpha value is -1.85. The van der Waals surface area contributed by atoms with Crippen molar-refractivity contribution in [2.45, 2.75) is 32.6 Å². The molecule has 1 atom stereocenters. The normalized spacial score (nSPS) is 22.8. The van der Waals surface area contributed by atoms with Crippen molar-refractivity contribution in [1.29, 1.82) is 0 Å². The Morgan fingerprint density at radius 1 is 1.50 bits per heavy atom. The minimum atomic E-state index is -0.790. The molecule has 0 radical (unpaired) electrons. The van der Waals surface area contributed by atoms with Gasteiger partial charge in [0.1, 0.15) is 5.69 Å². The van der Waals surface area contributed by atoms with Crippen molar-refractivity contribution in [3.63, 3.8) is 0 Å². The molecule has 1 aliphatic heterocycles. The Bertz CT molecular complexity index is 508. The third-order valence-corrected chi connectivity index (χ3v) is 4.09. The number of carboxylic acids is 1. The summed E-state index contributed by atoms with van der Waals surface area (Å²) in [6.45, 7) is 2.88. The van der Waals surface area contributed by atoms with Crippen molar-refractivity contribution in [3.8, 4) is 0 Å². The molecule has 0 bridgehead atoms. The first-order valence-electron chi connectivity index (χ1n) is 7.01.